The first kappa shape index (κ1) is 17.3. The van der Waals surface area contributed by atoms with Gasteiger partial charge in [0.1, 0.15) is 0 Å². The molecule has 0 spiro atoms. The number of carbonyl (C=O) groups excluding carboxylic acids is 1. The van der Waals surface area contributed by atoms with Gasteiger partial charge in [0.05, 0.1) is 13.4 Å². The number of aryl methyl sites for hydroxylation is 1. The monoisotopic (exact) mass is 315 g/mol. The number of rotatable bonds is 7. The van der Waals surface area contributed by atoms with E-state index in [9.17, 15) is 4.79 Å². The molecule has 0 radical (unpaired) electrons. The second-order valence-electron chi connectivity index (χ2n) is 5.96. The van der Waals surface area contributed by atoms with Crippen LogP contribution in [0.15, 0.2) is 41.0 Å². The summed E-state index contributed by atoms with van der Waals surface area (Å²) in [4.78, 5) is 11.7. The van der Waals surface area contributed by atoms with Crippen molar-refractivity contribution in [2.75, 3.05) is 7.11 Å². The smallest absolute Gasteiger partial charge is 0.374 e. The van der Waals surface area contributed by atoms with E-state index in [4.69, 9.17) is 9.15 Å². The van der Waals surface area contributed by atoms with E-state index in [0.29, 0.717) is 12.5 Å². The predicted octanol–water partition coefficient (Wildman–Crippen LogP) is 4.12. The molecule has 0 aliphatic carbocycles. The second-order valence-corrected chi connectivity index (χ2v) is 5.96. The molecule has 4 nitrogen and oxygen atoms in total. The van der Waals surface area contributed by atoms with Gasteiger partial charge in [-0.1, -0.05) is 45.0 Å². The molecule has 0 fully saturated rings. The van der Waals surface area contributed by atoms with Crippen molar-refractivity contribution in [1.29, 1.82) is 0 Å². The van der Waals surface area contributed by atoms with Gasteiger partial charge in [-0.2, -0.15) is 0 Å². The highest BCUT2D eigenvalue weighted by atomic mass is 16.5. The molecule has 2 rings (SSSR count). The van der Waals surface area contributed by atoms with E-state index in [1.165, 1.54) is 24.5 Å². The highest BCUT2D eigenvalue weighted by Crippen LogP contribution is 2.23. The van der Waals surface area contributed by atoms with Gasteiger partial charge in [0.2, 0.25) is 5.76 Å². The first-order chi connectivity index (χ1) is 11.1. The van der Waals surface area contributed by atoms with E-state index in [2.05, 4.69) is 50.4 Å². The molecule has 0 saturated carbocycles. The van der Waals surface area contributed by atoms with Crippen molar-refractivity contribution < 1.29 is 13.9 Å². The molecule has 1 N–H and O–H groups in total. The third-order valence-electron chi connectivity index (χ3n) is 4.04. The highest BCUT2D eigenvalue weighted by Gasteiger charge is 2.19. The van der Waals surface area contributed by atoms with Gasteiger partial charge in [-0.3, -0.25) is 0 Å². The van der Waals surface area contributed by atoms with Gasteiger partial charge in [-0.05, 0) is 29.5 Å². The number of esters is 1. The molecule has 0 bridgehead atoms. The fourth-order valence-electron chi connectivity index (χ4n) is 2.67. The molecule has 1 heterocycles. The van der Waals surface area contributed by atoms with Crippen LogP contribution in [0.5, 0.6) is 0 Å². The molecule has 0 aliphatic rings. The largest absolute Gasteiger partial charge is 0.463 e. The van der Waals surface area contributed by atoms with Crippen molar-refractivity contribution in [3.05, 3.63) is 59.0 Å². The predicted molar refractivity (Wildman–Crippen MR) is 90.3 cm³/mol. The summed E-state index contributed by atoms with van der Waals surface area (Å²) < 4.78 is 9.97. The van der Waals surface area contributed by atoms with Crippen LogP contribution in [0.1, 0.15) is 54.1 Å². The lowest BCUT2D eigenvalue weighted by Crippen LogP contribution is -2.26. The summed E-state index contributed by atoms with van der Waals surface area (Å²) in [5, 5.41) is 3.53. The quantitative estimate of drug-likeness (QED) is 0.781. The Morgan fingerprint density at radius 1 is 1.22 bits per heavy atom. The molecular weight excluding hydrogens is 290 g/mol. The number of furan rings is 1. The highest BCUT2D eigenvalue weighted by molar-refractivity contribution is 5.87. The SMILES string of the molecule is CCc1ccc(C(NCc2ccoc2C(=O)OC)C(C)C)cc1. The molecule has 1 unspecified atom stereocenters. The summed E-state index contributed by atoms with van der Waals surface area (Å²) in [6, 6.07) is 10.7. The topological polar surface area (TPSA) is 51.5 Å². The average Bonchev–Trinajstić information content (AvgIpc) is 3.03. The first-order valence-corrected chi connectivity index (χ1v) is 8.03. The molecule has 1 atom stereocenters. The zero-order chi connectivity index (χ0) is 16.8. The van der Waals surface area contributed by atoms with Crippen LogP contribution in [0.4, 0.5) is 0 Å². The lowest BCUT2D eigenvalue weighted by molar-refractivity contribution is 0.0563. The summed E-state index contributed by atoms with van der Waals surface area (Å²) in [7, 11) is 1.36. The summed E-state index contributed by atoms with van der Waals surface area (Å²) in [5.41, 5.74) is 3.40. The van der Waals surface area contributed by atoms with Crippen LogP contribution >= 0.6 is 0 Å². The van der Waals surface area contributed by atoms with Gasteiger partial charge in [0.25, 0.3) is 0 Å². The van der Waals surface area contributed by atoms with E-state index < -0.39 is 5.97 Å². The summed E-state index contributed by atoms with van der Waals surface area (Å²) in [6.07, 6.45) is 2.56. The second kappa shape index (κ2) is 7.97. The molecule has 1 aromatic heterocycles. The van der Waals surface area contributed by atoms with E-state index in [-0.39, 0.29) is 11.8 Å². The maximum atomic E-state index is 11.7. The maximum Gasteiger partial charge on any atom is 0.374 e. The Kier molecular flexibility index (Phi) is 5.99. The number of carbonyl (C=O) groups is 1. The van der Waals surface area contributed by atoms with Gasteiger partial charge >= 0.3 is 5.97 Å². The Balaban J connectivity index is 2.11. The van der Waals surface area contributed by atoms with Crippen LogP contribution in [0.3, 0.4) is 0 Å². The van der Waals surface area contributed by atoms with Gasteiger partial charge in [-0.25, -0.2) is 4.79 Å². The molecule has 23 heavy (non-hydrogen) atoms. The zero-order valence-corrected chi connectivity index (χ0v) is 14.3. The summed E-state index contributed by atoms with van der Waals surface area (Å²) in [5.74, 6) is 0.250. The minimum absolute atomic E-state index is 0.210. The van der Waals surface area contributed by atoms with E-state index in [1.807, 2.05) is 0 Å². The fourth-order valence-corrected chi connectivity index (χ4v) is 2.67. The van der Waals surface area contributed by atoms with Crippen molar-refractivity contribution in [2.24, 2.45) is 5.92 Å². The molecule has 124 valence electrons. The minimum Gasteiger partial charge on any atom is -0.463 e. The maximum absolute atomic E-state index is 11.7. The van der Waals surface area contributed by atoms with Crippen molar-refractivity contribution in [2.45, 2.75) is 39.8 Å². The van der Waals surface area contributed by atoms with Crippen LogP contribution in [-0.4, -0.2) is 13.1 Å². The first-order valence-electron chi connectivity index (χ1n) is 8.03. The molecule has 4 heteroatoms. The van der Waals surface area contributed by atoms with E-state index in [0.717, 1.165) is 12.0 Å². The average molecular weight is 315 g/mol. The fraction of sp³-hybridized carbons (Fsp3) is 0.421. The van der Waals surface area contributed by atoms with Crippen molar-refractivity contribution in [3.8, 4) is 0 Å². The Bertz CT molecular complexity index is 628. The van der Waals surface area contributed by atoms with E-state index >= 15 is 0 Å². The van der Waals surface area contributed by atoms with Crippen molar-refractivity contribution in [1.82, 2.24) is 5.32 Å². The molecule has 0 amide bonds. The number of methoxy groups -OCH3 is 1. The Morgan fingerprint density at radius 2 is 1.91 bits per heavy atom. The van der Waals surface area contributed by atoms with Crippen molar-refractivity contribution >= 4 is 5.97 Å². The summed E-state index contributed by atoms with van der Waals surface area (Å²) in [6.45, 7) is 7.07. The Hall–Kier alpha value is -2.07. The number of benzene rings is 1. The van der Waals surface area contributed by atoms with Crippen molar-refractivity contribution in [3.63, 3.8) is 0 Å². The zero-order valence-electron chi connectivity index (χ0n) is 14.3. The number of ether oxygens (including phenoxy) is 1. The molecular formula is C19H25NO3. The normalized spacial score (nSPS) is 12.4. The Morgan fingerprint density at radius 3 is 2.48 bits per heavy atom. The van der Waals surface area contributed by atoms with Crippen LogP contribution in [0.25, 0.3) is 0 Å². The molecule has 0 aliphatic heterocycles. The number of hydrogen-bond donors (Lipinski definition) is 1. The standard InChI is InChI=1S/C19H25NO3/c1-5-14-6-8-15(9-7-14)17(13(2)3)20-12-16-10-11-23-18(16)19(21)22-4/h6-11,13,17,20H,5,12H2,1-4H3. The lowest BCUT2D eigenvalue weighted by atomic mass is 9.94. The molecule has 1 aromatic carbocycles. The van der Waals surface area contributed by atoms with Gasteiger partial charge < -0.3 is 14.5 Å². The summed E-state index contributed by atoms with van der Waals surface area (Å²) >= 11 is 0. The van der Waals surface area contributed by atoms with Crippen LogP contribution < -0.4 is 5.32 Å². The molecule has 2 aromatic rings. The van der Waals surface area contributed by atoms with Gasteiger partial charge in [0.15, 0.2) is 0 Å². The third kappa shape index (κ3) is 4.23. The van der Waals surface area contributed by atoms with Crippen LogP contribution in [-0.2, 0) is 17.7 Å². The van der Waals surface area contributed by atoms with Gasteiger partial charge in [0, 0.05) is 18.2 Å². The number of hydrogen-bond acceptors (Lipinski definition) is 4. The van der Waals surface area contributed by atoms with Crippen LogP contribution in [0.2, 0.25) is 0 Å². The van der Waals surface area contributed by atoms with E-state index in [1.54, 1.807) is 6.07 Å². The molecule has 0 saturated heterocycles. The van der Waals surface area contributed by atoms with Crippen LogP contribution in [0, 0.1) is 5.92 Å². The third-order valence-corrected chi connectivity index (χ3v) is 4.04. The minimum atomic E-state index is -0.444. The number of nitrogens with one attached hydrogen (secondary N) is 1. The van der Waals surface area contributed by atoms with Gasteiger partial charge in [-0.15, -0.1) is 0 Å². The lowest BCUT2D eigenvalue weighted by Gasteiger charge is -2.23. The Labute approximate surface area is 137 Å².